The summed E-state index contributed by atoms with van der Waals surface area (Å²) in [5.74, 6) is 1.60. The molecule has 1 heterocycles. The summed E-state index contributed by atoms with van der Waals surface area (Å²) in [5, 5.41) is 3.60. The van der Waals surface area contributed by atoms with E-state index in [4.69, 9.17) is 0 Å². The van der Waals surface area contributed by atoms with Crippen molar-refractivity contribution < 1.29 is 0 Å². The van der Waals surface area contributed by atoms with Crippen LogP contribution in [0.5, 0.6) is 0 Å². The van der Waals surface area contributed by atoms with Gasteiger partial charge >= 0.3 is 0 Å². The van der Waals surface area contributed by atoms with Crippen molar-refractivity contribution in [3.63, 3.8) is 0 Å². The van der Waals surface area contributed by atoms with Crippen molar-refractivity contribution in [2.24, 2.45) is 17.3 Å². The second-order valence-electron chi connectivity index (χ2n) is 7.72. The second kappa shape index (κ2) is 5.92. The van der Waals surface area contributed by atoms with Crippen molar-refractivity contribution in [1.82, 2.24) is 10.2 Å². The third kappa shape index (κ3) is 3.96. The van der Waals surface area contributed by atoms with E-state index < -0.39 is 0 Å². The highest BCUT2D eigenvalue weighted by atomic mass is 15.2. The van der Waals surface area contributed by atoms with Gasteiger partial charge in [0.2, 0.25) is 0 Å². The molecule has 2 nitrogen and oxygen atoms in total. The summed E-state index contributed by atoms with van der Waals surface area (Å²) in [4.78, 5) is 2.81. The van der Waals surface area contributed by atoms with Crippen LogP contribution in [-0.4, -0.2) is 37.1 Å². The van der Waals surface area contributed by atoms with E-state index >= 15 is 0 Å². The molecule has 0 aromatic heterocycles. The topological polar surface area (TPSA) is 15.3 Å². The van der Waals surface area contributed by atoms with Crippen molar-refractivity contribution in [3.05, 3.63) is 0 Å². The maximum absolute atomic E-state index is 3.60. The third-order valence-electron chi connectivity index (χ3n) is 4.90. The van der Waals surface area contributed by atoms with E-state index in [-0.39, 0.29) is 0 Å². The first-order valence-corrected chi connectivity index (χ1v) is 7.91. The summed E-state index contributed by atoms with van der Waals surface area (Å²) in [6.45, 7) is 14.6. The molecule has 0 bridgehead atoms. The Morgan fingerprint density at radius 2 is 1.44 bits per heavy atom. The zero-order valence-corrected chi connectivity index (χ0v) is 12.8. The van der Waals surface area contributed by atoms with Gasteiger partial charge in [-0.2, -0.15) is 0 Å². The summed E-state index contributed by atoms with van der Waals surface area (Å²) in [6.07, 6.45) is 5.66. The van der Waals surface area contributed by atoms with Gasteiger partial charge in [-0.1, -0.05) is 27.7 Å². The fourth-order valence-electron chi connectivity index (χ4n) is 3.63. The normalized spacial score (nSPS) is 36.0. The molecule has 0 aromatic rings. The van der Waals surface area contributed by atoms with E-state index in [2.05, 4.69) is 37.9 Å². The lowest BCUT2D eigenvalue weighted by atomic mass is 9.75. The summed E-state index contributed by atoms with van der Waals surface area (Å²) < 4.78 is 0. The van der Waals surface area contributed by atoms with E-state index in [1.165, 1.54) is 51.9 Å². The van der Waals surface area contributed by atoms with Gasteiger partial charge in [-0.25, -0.2) is 0 Å². The van der Waals surface area contributed by atoms with Gasteiger partial charge in [0.25, 0.3) is 0 Å². The van der Waals surface area contributed by atoms with Crippen molar-refractivity contribution in [3.8, 4) is 0 Å². The van der Waals surface area contributed by atoms with E-state index in [9.17, 15) is 0 Å². The van der Waals surface area contributed by atoms with Crippen molar-refractivity contribution >= 4 is 0 Å². The summed E-state index contributed by atoms with van der Waals surface area (Å²) >= 11 is 0. The van der Waals surface area contributed by atoms with Crippen LogP contribution in [0.1, 0.15) is 53.4 Å². The predicted octanol–water partition coefficient (Wildman–Crippen LogP) is 3.13. The molecular weight excluding hydrogens is 220 g/mol. The van der Waals surface area contributed by atoms with Crippen LogP contribution in [0.15, 0.2) is 0 Å². The molecule has 0 spiro atoms. The highest BCUT2D eigenvalue weighted by Gasteiger charge is 2.31. The molecule has 2 fully saturated rings. The Morgan fingerprint density at radius 1 is 0.944 bits per heavy atom. The van der Waals surface area contributed by atoms with Gasteiger partial charge in [-0.3, -0.25) is 4.90 Å². The van der Waals surface area contributed by atoms with Crippen LogP contribution in [0.2, 0.25) is 0 Å². The molecule has 0 aromatic carbocycles. The minimum absolute atomic E-state index is 0.595. The number of hydrogen-bond donors (Lipinski definition) is 1. The van der Waals surface area contributed by atoms with Crippen molar-refractivity contribution in [1.29, 1.82) is 0 Å². The Morgan fingerprint density at radius 3 is 1.94 bits per heavy atom. The van der Waals surface area contributed by atoms with Crippen LogP contribution in [0.4, 0.5) is 0 Å². The zero-order chi connectivity index (χ0) is 13.2. The predicted molar refractivity (Wildman–Crippen MR) is 78.8 cm³/mol. The lowest BCUT2D eigenvalue weighted by Gasteiger charge is -2.43. The van der Waals surface area contributed by atoms with Gasteiger partial charge in [0.1, 0.15) is 0 Å². The molecule has 2 unspecified atom stereocenters. The molecule has 18 heavy (non-hydrogen) atoms. The first-order chi connectivity index (χ1) is 8.46. The molecule has 0 radical (unpaired) electrons. The molecule has 1 saturated carbocycles. The number of nitrogens with zero attached hydrogens (tertiary/aromatic N) is 1. The fraction of sp³-hybridized carbons (Fsp3) is 1.00. The smallest absolute Gasteiger partial charge is 0.00959 e. The molecule has 2 rings (SSSR count). The summed E-state index contributed by atoms with van der Waals surface area (Å²) in [6, 6.07) is 0.862. The van der Waals surface area contributed by atoms with Crippen LogP contribution < -0.4 is 5.32 Å². The maximum atomic E-state index is 3.60. The van der Waals surface area contributed by atoms with Gasteiger partial charge in [-0.05, 0) is 56.0 Å². The minimum Gasteiger partial charge on any atom is -0.316 e. The Labute approximate surface area is 114 Å². The fourth-order valence-corrected chi connectivity index (χ4v) is 3.63. The van der Waals surface area contributed by atoms with E-state index in [1.54, 1.807) is 0 Å². The van der Waals surface area contributed by atoms with Crippen molar-refractivity contribution in [2.75, 3.05) is 26.2 Å². The average Bonchev–Trinajstić information content (AvgIpc) is 2.26. The number of rotatable bonds is 1. The molecule has 2 atom stereocenters. The average molecular weight is 252 g/mol. The first-order valence-electron chi connectivity index (χ1n) is 7.91. The van der Waals surface area contributed by atoms with E-state index in [0.717, 1.165) is 17.9 Å². The molecule has 1 aliphatic heterocycles. The quantitative estimate of drug-likeness (QED) is 0.771. The Kier molecular flexibility index (Phi) is 4.71. The molecule has 1 saturated heterocycles. The van der Waals surface area contributed by atoms with E-state index in [0.29, 0.717) is 5.41 Å². The van der Waals surface area contributed by atoms with E-state index in [1.807, 2.05) is 0 Å². The maximum Gasteiger partial charge on any atom is 0.00959 e. The molecule has 1 aliphatic carbocycles. The highest BCUT2D eigenvalue weighted by molar-refractivity contribution is 4.86. The van der Waals surface area contributed by atoms with Gasteiger partial charge in [0.05, 0.1) is 0 Å². The minimum atomic E-state index is 0.595. The summed E-state index contributed by atoms with van der Waals surface area (Å²) in [7, 11) is 0. The Hall–Kier alpha value is -0.0800. The molecule has 2 heteroatoms. The lowest BCUT2D eigenvalue weighted by Crippen LogP contribution is -2.48. The van der Waals surface area contributed by atoms with Gasteiger partial charge in [0.15, 0.2) is 0 Å². The molecule has 1 N–H and O–H groups in total. The Balaban J connectivity index is 1.92. The largest absolute Gasteiger partial charge is 0.316 e. The molecule has 106 valence electrons. The number of hydrogen-bond acceptors (Lipinski definition) is 2. The van der Waals surface area contributed by atoms with Crippen molar-refractivity contribution in [2.45, 2.75) is 59.4 Å². The standard InChI is InChI=1S/C16H32N2/c1-13-9-17-10-14(2)12-18(11-13)15-5-7-16(3,4)8-6-15/h13-15,17H,5-12H2,1-4H3. The van der Waals surface area contributed by atoms with Gasteiger partial charge in [-0.15, -0.1) is 0 Å². The van der Waals surface area contributed by atoms with Crippen LogP contribution in [0.25, 0.3) is 0 Å². The van der Waals surface area contributed by atoms with Gasteiger partial charge < -0.3 is 5.32 Å². The second-order valence-corrected chi connectivity index (χ2v) is 7.72. The van der Waals surface area contributed by atoms with Gasteiger partial charge in [0, 0.05) is 19.1 Å². The zero-order valence-electron chi connectivity index (χ0n) is 12.8. The Bertz CT molecular complexity index is 240. The first kappa shape index (κ1) is 14.3. The van der Waals surface area contributed by atoms with Crippen LogP contribution >= 0.6 is 0 Å². The molecular formula is C16H32N2. The monoisotopic (exact) mass is 252 g/mol. The highest BCUT2D eigenvalue weighted by Crippen LogP contribution is 2.37. The molecule has 0 amide bonds. The SMILES string of the molecule is CC1CNCC(C)CN(C2CCC(C)(C)CC2)C1. The third-order valence-corrected chi connectivity index (χ3v) is 4.90. The lowest BCUT2D eigenvalue weighted by molar-refractivity contribution is 0.0761. The number of nitrogens with one attached hydrogen (secondary N) is 1. The molecule has 2 aliphatic rings. The van der Waals surface area contributed by atoms with Crippen LogP contribution in [-0.2, 0) is 0 Å². The van der Waals surface area contributed by atoms with Crippen LogP contribution in [0.3, 0.4) is 0 Å². The summed E-state index contributed by atoms with van der Waals surface area (Å²) in [5.41, 5.74) is 0.595. The van der Waals surface area contributed by atoms with Crippen LogP contribution in [0, 0.1) is 17.3 Å².